The fourth-order valence-electron chi connectivity index (χ4n) is 4.13. The Morgan fingerprint density at radius 1 is 1.30 bits per heavy atom. The predicted octanol–water partition coefficient (Wildman–Crippen LogP) is 3.87. The van der Waals surface area contributed by atoms with Gasteiger partial charge in [0.25, 0.3) is 0 Å². The number of hydrogen-bond acceptors (Lipinski definition) is 3. The van der Waals surface area contributed by atoms with Crippen LogP contribution >= 0.6 is 11.3 Å². The third-order valence-electron chi connectivity index (χ3n) is 5.56. The van der Waals surface area contributed by atoms with E-state index in [1.165, 1.54) is 37.7 Å². The largest absolute Gasteiger partial charge is 0.329 e. The molecule has 112 valence electrons. The molecule has 3 unspecified atom stereocenters. The standard InChI is InChI=1S/C17H28N2S/c1-13-3-4-14(2)17(9-13,12-18)19(16-5-6-16)10-15-7-8-20-11-15/h7-8,11,13-14,16H,3-6,9-10,12,18H2,1-2H3. The Morgan fingerprint density at radius 2 is 2.10 bits per heavy atom. The molecule has 0 amide bonds. The van der Waals surface area contributed by atoms with Crippen LogP contribution in [0.2, 0.25) is 0 Å². The molecule has 2 N–H and O–H groups in total. The zero-order valence-corrected chi connectivity index (χ0v) is 13.7. The van der Waals surface area contributed by atoms with Crippen LogP contribution in [0.4, 0.5) is 0 Å². The molecule has 0 saturated heterocycles. The lowest BCUT2D eigenvalue weighted by atomic mass is 9.68. The highest BCUT2D eigenvalue weighted by atomic mass is 32.1. The first-order chi connectivity index (χ1) is 9.65. The summed E-state index contributed by atoms with van der Waals surface area (Å²) >= 11 is 1.81. The molecule has 0 spiro atoms. The summed E-state index contributed by atoms with van der Waals surface area (Å²) in [6, 6.07) is 3.06. The van der Waals surface area contributed by atoms with E-state index in [1.54, 1.807) is 0 Å². The van der Waals surface area contributed by atoms with Crippen molar-refractivity contribution in [2.24, 2.45) is 17.6 Å². The van der Waals surface area contributed by atoms with Crippen LogP contribution in [0.15, 0.2) is 16.8 Å². The van der Waals surface area contributed by atoms with E-state index in [9.17, 15) is 0 Å². The average Bonchev–Trinajstić information content (AvgIpc) is 3.16. The van der Waals surface area contributed by atoms with Crippen molar-refractivity contribution in [2.75, 3.05) is 6.54 Å². The molecule has 3 atom stereocenters. The smallest absolute Gasteiger partial charge is 0.0366 e. The molecular formula is C17H28N2S. The summed E-state index contributed by atoms with van der Waals surface area (Å²) in [7, 11) is 0. The van der Waals surface area contributed by atoms with Gasteiger partial charge in [-0.1, -0.05) is 20.3 Å². The van der Waals surface area contributed by atoms with E-state index in [-0.39, 0.29) is 5.54 Å². The van der Waals surface area contributed by atoms with Gasteiger partial charge in [-0.2, -0.15) is 11.3 Å². The van der Waals surface area contributed by atoms with E-state index in [4.69, 9.17) is 5.73 Å². The number of nitrogens with zero attached hydrogens (tertiary/aromatic N) is 1. The van der Waals surface area contributed by atoms with E-state index in [0.717, 1.165) is 31.0 Å². The molecule has 0 radical (unpaired) electrons. The lowest BCUT2D eigenvalue weighted by molar-refractivity contribution is -0.0161. The molecule has 2 saturated carbocycles. The number of nitrogens with two attached hydrogens (primary N) is 1. The van der Waals surface area contributed by atoms with Crippen LogP contribution in [0, 0.1) is 11.8 Å². The molecule has 3 heteroatoms. The van der Waals surface area contributed by atoms with Crippen molar-refractivity contribution in [2.45, 2.75) is 64.1 Å². The Hall–Kier alpha value is -0.380. The summed E-state index contributed by atoms with van der Waals surface area (Å²) in [4.78, 5) is 2.79. The monoisotopic (exact) mass is 292 g/mol. The zero-order chi connectivity index (χ0) is 14.2. The Kier molecular flexibility index (Phi) is 4.21. The van der Waals surface area contributed by atoms with Gasteiger partial charge in [0, 0.05) is 24.7 Å². The highest BCUT2D eigenvalue weighted by Crippen LogP contribution is 2.45. The van der Waals surface area contributed by atoms with E-state index >= 15 is 0 Å². The van der Waals surface area contributed by atoms with Crippen LogP contribution in [-0.2, 0) is 6.54 Å². The van der Waals surface area contributed by atoms with Gasteiger partial charge < -0.3 is 5.73 Å². The fraction of sp³-hybridized carbons (Fsp3) is 0.765. The van der Waals surface area contributed by atoms with Crippen LogP contribution in [0.25, 0.3) is 0 Å². The van der Waals surface area contributed by atoms with Crippen LogP contribution in [0.5, 0.6) is 0 Å². The third kappa shape index (κ3) is 2.68. The summed E-state index contributed by atoms with van der Waals surface area (Å²) < 4.78 is 0. The highest BCUT2D eigenvalue weighted by molar-refractivity contribution is 7.07. The van der Waals surface area contributed by atoms with Gasteiger partial charge in [0.1, 0.15) is 0 Å². The third-order valence-corrected chi connectivity index (χ3v) is 6.29. The van der Waals surface area contributed by atoms with Crippen molar-refractivity contribution in [3.8, 4) is 0 Å². The molecule has 0 aliphatic heterocycles. The van der Waals surface area contributed by atoms with Crippen molar-refractivity contribution in [1.82, 2.24) is 4.90 Å². The molecule has 2 nitrogen and oxygen atoms in total. The van der Waals surface area contributed by atoms with Gasteiger partial charge >= 0.3 is 0 Å². The van der Waals surface area contributed by atoms with Gasteiger partial charge in [0.2, 0.25) is 0 Å². The predicted molar refractivity (Wildman–Crippen MR) is 86.8 cm³/mol. The van der Waals surface area contributed by atoms with Gasteiger partial charge in [-0.3, -0.25) is 4.90 Å². The number of rotatable bonds is 5. The van der Waals surface area contributed by atoms with Gasteiger partial charge in [-0.25, -0.2) is 0 Å². The summed E-state index contributed by atoms with van der Waals surface area (Å²) in [5, 5.41) is 4.50. The normalized spacial score (nSPS) is 34.6. The van der Waals surface area contributed by atoms with Gasteiger partial charge in [0.15, 0.2) is 0 Å². The second-order valence-electron chi connectivity index (χ2n) is 7.09. The van der Waals surface area contributed by atoms with Gasteiger partial charge in [-0.05, 0) is 59.9 Å². The fourth-order valence-corrected chi connectivity index (χ4v) is 4.79. The van der Waals surface area contributed by atoms with Gasteiger partial charge in [-0.15, -0.1) is 0 Å². The number of thiophene rings is 1. The maximum absolute atomic E-state index is 6.35. The molecular weight excluding hydrogens is 264 g/mol. The zero-order valence-electron chi connectivity index (χ0n) is 12.8. The van der Waals surface area contributed by atoms with Crippen LogP contribution in [0.3, 0.4) is 0 Å². The summed E-state index contributed by atoms with van der Waals surface area (Å²) in [6.45, 7) is 6.76. The summed E-state index contributed by atoms with van der Waals surface area (Å²) in [5.74, 6) is 1.54. The molecule has 2 aliphatic carbocycles. The SMILES string of the molecule is CC1CCC(C)C(CN)(N(Cc2ccsc2)C2CC2)C1. The molecule has 0 aromatic carbocycles. The van der Waals surface area contributed by atoms with Crippen LogP contribution in [-0.4, -0.2) is 23.0 Å². The minimum atomic E-state index is 0.237. The van der Waals surface area contributed by atoms with Crippen molar-refractivity contribution in [3.05, 3.63) is 22.4 Å². The molecule has 1 heterocycles. The lowest BCUT2D eigenvalue weighted by Crippen LogP contribution is -2.60. The average molecular weight is 292 g/mol. The first kappa shape index (κ1) is 14.6. The Balaban J connectivity index is 1.86. The second kappa shape index (κ2) is 5.78. The van der Waals surface area contributed by atoms with Crippen molar-refractivity contribution >= 4 is 11.3 Å². The second-order valence-corrected chi connectivity index (χ2v) is 7.87. The van der Waals surface area contributed by atoms with Crippen molar-refractivity contribution < 1.29 is 0 Å². The molecule has 20 heavy (non-hydrogen) atoms. The molecule has 0 bridgehead atoms. The summed E-state index contributed by atoms with van der Waals surface area (Å²) in [5.41, 5.74) is 8.06. The lowest BCUT2D eigenvalue weighted by Gasteiger charge is -2.52. The maximum Gasteiger partial charge on any atom is 0.0366 e. The molecule has 1 aromatic rings. The highest BCUT2D eigenvalue weighted by Gasteiger charge is 2.48. The Labute approximate surface area is 127 Å². The first-order valence-electron chi connectivity index (χ1n) is 8.13. The van der Waals surface area contributed by atoms with Crippen LogP contribution in [0.1, 0.15) is 51.5 Å². The molecule has 2 aliphatic rings. The Bertz CT molecular complexity index is 426. The molecule has 3 rings (SSSR count). The quantitative estimate of drug-likeness (QED) is 0.892. The number of hydrogen-bond donors (Lipinski definition) is 1. The first-order valence-corrected chi connectivity index (χ1v) is 9.08. The molecule has 1 aromatic heterocycles. The summed E-state index contributed by atoms with van der Waals surface area (Å²) in [6.07, 6.45) is 6.73. The maximum atomic E-state index is 6.35. The van der Waals surface area contributed by atoms with E-state index in [0.29, 0.717) is 0 Å². The Morgan fingerprint density at radius 3 is 2.70 bits per heavy atom. The van der Waals surface area contributed by atoms with Gasteiger partial charge in [0.05, 0.1) is 0 Å². The molecule has 2 fully saturated rings. The minimum absolute atomic E-state index is 0.237. The van der Waals surface area contributed by atoms with Crippen molar-refractivity contribution in [1.29, 1.82) is 0 Å². The van der Waals surface area contributed by atoms with Crippen LogP contribution < -0.4 is 5.73 Å². The van der Waals surface area contributed by atoms with Crippen molar-refractivity contribution in [3.63, 3.8) is 0 Å². The minimum Gasteiger partial charge on any atom is -0.329 e. The van der Waals surface area contributed by atoms with E-state index < -0.39 is 0 Å². The van der Waals surface area contributed by atoms with E-state index in [1.807, 2.05) is 11.3 Å². The van der Waals surface area contributed by atoms with E-state index in [2.05, 4.69) is 35.6 Å². The topological polar surface area (TPSA) is 29.3 Å².